The number of fused-ring (bicyclic) bond motifs is 1. The highest BCUT2D eigenvalue weighted by molar-refractivity contribution is 5.98. The van der Waals surface area contributed by atoms with Crippen molar-refractivity contribution in [3.8, 4) is 5.75 Å². The summed E-state index contributed by atoms with van der Waals surface area (Å²) in [4.78, 5) is 28.1. The number of benzene rings is 1. The molecule has 0 bridgehead atoms. The Kier molecular flexibility index (Phi) is 4.81. The average molecular weight is 317 g/mol. The summed E-state index contributed by atoms with van der Waals surface area (Å²) in [5.41, 5.74) is 0.755. The van der Waals surface area contributed by atoms with E-state index in [9.17, 15) is 9.59 Å². The van der Waals surface area contributed by atoms with Crippen molar-refractivity contribution >= 4 is 17.5 Å². The van der Waals surface area contributed by atoms with Gasteiger partial charge in [-0.1, -0.05) is 12.1 Å². The summed E-state index contributed by atoms with van der Waals surface area (Å²) < 4.78 is 5.42. The van der Waals surface area contributed by atoms with Gasteiger partial charge in [-0.25, -0.2) is 0 Å². The first kappa shape index (κ1) is 15.8. The molecular weight excluding hydrogens is 294 g/mol. The van der Waals surface area contributed by atoms with Crippen molar-refractivity contribution in [1.82, 2.24) is 10.2 Å². The molecule has 1 fully saturated rings. The molecule has 6 nitrogen and oxygen atoms in total. The minimum absolute atomic E-state index is 0.0404. The summed E-state index contributed by atoms with van der Waals surface area (Å²) in [6.07, 6.45) is 2.33. The molecule has 2 aliphatic rings. The molecule has 2 amide bonds. The van der Waals surface area contributed by atoms with Crippen molar-refractivity contribution in [2.45, 2.75) is 25.3 Å². The predicted octanol–water partition coefficient (Wildman–Crippen LogP) is 1.01. The number of piperidine rings is 1. The van der Waals surface area contributed by atoms with Crippen molar-refractivity contribution in [2.24, 2.45) is 0 Å². The van der Waals surface area contributed by atoms with E-state index in [1.165, 1.54) is 0 Å². The van der Waals surface area contributed by atoms with E-state index >= 15 is 0 Å². The van der Waals surface area contributed by atoms with Gasteiger partial charge in [0, 0.05) is 32.1 Å². The first-order chi connectivity index (χ1) is 11.2. The maximum absolute atomic E-state index is 12.4. The number of hydrogen-bond donors (Lipinski definition) is 1. The summed E-state index contributed by atoms with van der Waals surface area (Å²) in [6.45, 7) is 2.03. The first-order valence-electron chi connectivity index (χ1n) is 8.16. The van der Waals surface area contributed by atoms with E-state index < -0.39 is 0 Å². The Morgan fingerprint density at radius 2 is 2.04 bits per heavy atom. The number of amides is 2. The highest BCUT2D eigenvalue weighted by Gasteiger charge is 2.27. The fourth-order valence-corrected chi connectivity index (χ4v) is 3.18. The van der Waals surface area contributed by atoms with Gasteiger partial charge in [0.25, 0.3) is 5.91 Å². The van der Waals surface area contributed by atoms with Crippen molar-refractivity contribution in [1.29, 1.82) is 0 Å². The van der Waals surface area contributed by atoms with Gasteiger partial charge in [-0.15, -0.1) is 0 Å². The van der Waals surface area contributed by atoms with Crippen LogP contribution < -0.4 is 15.0 Å². The number of para-hydroxylation sites is 2. The second-order valence-corrected chi connectivity index (χ2v) is 6.00. The van der Waals surface area contributed by atoms with Crippen LogP contribution in [0.2, 0.25) is 0 Å². The van der Waals surface area contributed by atoms with Crippen LogP contribution in [0.3, 0.4) is 0 Å². The number of nitrogens with one attached hydrogen (secondary N) is 1. The molecule has 23 heavy (non-hydrogen) atoms. The van der Waals surface area contributed by atoms with Crippen LogP contribution in [0.4, 0.5) is 5.69 Å². The van der Waals surface area contributed by atoms with Crippen LogP contribution in [0.1, 0.15) is 19.3 Å². The smallest absolute Gasteiger partial charge is 0.265 e. The molecular formula is C17H23N3O3. The summed E-state index contributed by atoms with van der Waals surface area (Å²) in [6, 6.07) is 7.96. The number of hydrogen-bond acceptors (Lipinski definition) is 4. The van der Waals surface area contributed by atoms with Crippen LogP contribution in [0.25, 0.3) is 0 Å². The van der Waals surface area contributed by atoms with Gasteiger partial charge in [-0.3, -0.25) is 9.59 Å². The van der Waals surface area contributed by atoms with Crippen LogP contribution in [0.5, 0.6) is 5.75 Å². The molecule has 0 aliphatic carbocycles. The lowest BCUT2D eigenvalue weighted by atomic mass is 10.1. The Morgan fingerprint density at radius 3 is 2.78 bits per heavy atom. The molecule has 124 valence electrons. The van der Waals surface area contributed by atoms with E-state index in [4.69, 9.17) is 4.74 Å². The summed E-state index contributed by atoms with van der Waals surface area (Å²) in [5, 5.41) is 3.26. The van der Waals surface area contributed by atoms with Gasteiger partial charge in [-0.2, -0.15) is 0 Å². The standard InChI is InChI=1S/C17H23N3O3/c1-18-13-6-9-19(10-7-13)16(21)8-11-20-14-4-2-3-5-15(14)23-12-17(20)22/h2-5,13,18H,6-12H2,1H3. The average Bonchev–Trinajstić information content (AvgIpc) is 2.60. The van der Waals surface area contributed by atoms with Crippen molar-refractivity contribution in [2.75, 3.05) is 38.2 Å². The fraction of sp³-hybridized carbons (Fsp3) is 0.529. The highest BCUT2D eigenvalue weighted by Crippen LogP contribution is 2.31. The monoisotopic (exact) mass is 317 g/mol. The van der Waals surface area contributed by atoms with E-state index in [0.717, 1.165) is 31.6 Å². The minimum Gasteiger partial charge on any atom is -0.482 e. The lowest BCUT2D eigenvalue weighted by Gasteiger charge is -2.33. The maximum atomic E-state index is 12.4. The van der Waals surface area contributed by atoms with E-state index in [1.807, 2.05) is 36.2 Å². The second kappa shape index (κ2) is 7.00. The fourth-order valence-electron chi connectivity index (χ4n) is 3.18. The maximum Gasteiger partial charge on any atom is 0.265 e. The third kappa shape index (κ3) is 3.47. The molecule has 2 heterocycles. The zero-order valence-electron chi connectivity index (χ0n) is 13.5. The zero-order chi connectivity index (χ0) is 16.2. The molecule has 0 atom stereocenters. The van der Waals surface area contributed by atoms with Crippen LogP contribution in [-0.2, 0) is 9.59 Å². The molecule has 2 aliphatic heterocycles. The number of ether oxygens (including phenoxy) is 1. The molecule has 0 radical (unpaired) electrons. The zero-order valence-corrected chi connectivity index (χ0v) is 13.5. The van der Waals surface area contributed by atoms with Gasteiger partial charge in [0.05, 0.1) is 5.69 Å². The molecule has 1 aromatic rings. The third-order valence-corrected chi connectivity index (χ3v) is 4.61. The largest absolute Gasteiger partial charge is 0.482 e. The van der Waals surface area contributed by atoms with Crippen LogP contribution in [-0.4, -0.2) is 56.0 Å². The normalized spacial score (nSPS) is 18.6. The van der Waals surface area contributed by atoms with Crippen molar-refractivity contribution < 1.29 is 14.3 Å². The summed E-state index contributed by atoms with van der Waals surface area (Å²) >= 11 is 0. The topological polar surface area (TPSA) is 61.9 Å². The summed E-state index contributed by atoms with van der Waals surface area (Å²) in [5.74, 6) is 0.733. The Morgan fingerprint density at radius 1 is 1.30 bits per heavy atom. The molecule has 6 heteroatoms. The molecule has 1 saturated heterocycles. The number of rotatable bonds is 4. The molecule has 3 rings (SSSR count). The molecule has 0 unspecified atom stereocenters. The van der Waals surface area contributed by atoms with Crippen LogP contribution in [0.15, 0.2) is 24.3 Å². The molecule has 1 N–H and O–H groups in total. The lowest BCUT2D eigenvalue weighted by molar-refractivity contribution is -0.132. The van der Waals surface area contributed by atoms with Gasteiger partial charge in [0.1, 0.15) is 5.75 Å². The van der Waals surface area contributed by atoms with Crippen molar-refractivity contribution in [3.05, 3.63) is 24.3 Å². The van der Waals surface area contributed by atoms with E-state index in [0.29, 0.717) is 24.8 Å². The molecule has 0 aromatic heterocycles. The Bertz CT molecular complexity index is 582. The highest BCUT2D eigenvalue weighted by atomic mass is 16.5. The quantitative estimate of drug-likeness (QED) is 0.900. The first-order valence-corrected chi connectivity index (χ1v) is 8.16. The third-order valence-electron chi connectivity index (χ3n) is 4.61. The molecule has 0 spiro atoms. The number of carbonyl (C=O) groups excluding carboxylic acids is 2. The SMILES string of the molecule is CNC1CCN(C(=O)CCN2C(=O)COc3ccccc32)CC1. The van der Waals surface area contributed by atoms with Crippen molar-refractivity contribution in [3.63, 3.8) is 0 Å². The Balaban J connectivity index is 1.58. The lowest BCUT2D eigenvalue weighted by Crippen LogP contribution is -2.46. The van der Waals surface area contributed by atoms with Gasteiger partial charge in [0.2, 0.25) is 5.91 Å². The van der Waals surface area contributed by atoms with Gasteiger partial charge >= 0.3 is 0 Å². The minimum atomic E-state index is -0.0922. The number of anilines is 1. The number of carbonyl (C=O) groups is 2. The van der Waals surface area contributed by atoms with Crippen LogP contribution >= 0.6 is 0 Å². The molecule has 0 saturated carbocycles. The second-order valence-electron chi connectivity index (χ2n) is 6.00. The predicted molar refractivity (Wildman–Crippen MR) is 87.6 cm³/mol. The van der Waals surface area contributed by atoms with Gasteiger partial charge in [0.15, 0.2) is 6.61 Å². The Hall–Kier alpha value is -2.08. The van der Waals surface area contributed by atoms with Crippen LogP contribution in [0, 0.1) is 0 Å². The van der Waals surface area contributed by atoms with E-state index in [2.05, 4.69) is 5.32 Å². The number of nitrogens with zero attached hydrogens (tertiary/aromatic N) is 2. The van der Waals surface area contributed by atoms with Gasteiger partial charge in [-0.05, 0) is 32.0 Å². The number of likely N-dealkylation sites (tertiary alicyclic amines) is 1. The van der Waals surface area contributed by atoms with E-state index in [1.54, 1.807) is 4.90 Å². The van der Waals surface area contributed by atoms with E-state index in [-0.39, 0.29) is 18.4 Å². The summed E-state index contributed by atoms with van der Waals surface area (Å²) in [7, 11) is 1.96. The van der Waals surface area contributed by atoms with Gasteiger partial charge < -0.3 is 19.9 Å². The Labute approximate surface area is 136 Å². The molecule has 1 aromatic carbocycles.